The number of carbonyl (C=O) groups excluding carboxylic acids is 3. The molecule has 3 aliphatic rings. The molecular formula is C39H39BrFN3O5S. The van der Waals surface area contributed by atoms with Crippen LogP contribution in [0.4, 0.5) is 4.39 Å². The molecule has 0 bridgehead atoms. The monoisotopic (exact) mass is 759 g/mol. The maximum Gasteiger partial charge on any atom is 0.274 e. The summed E-state index contributed by atoms with van der Waals surface area (Å²) in [4.78, 5) is 54.7. The quantitative estimate of drug-likeness (QED) is 0.152. The van der Waals surface area contributed by atoms with Crippen molar-refractivity contribution in [1.82, 2.24) is 15.4 Å². The first-order valence-corrected chi connectivity index (χ1v) is 18.9. The van der Waals surface area contributed by atoms with Crippen molar-refractivity contribution in [3.63, 3.8) is 0 Å². The molecule has 1 saturated carbocycles. The highest BCUT2D eigenvalue weighted by molar-refractivity contribution is 9.10. The Morgan fingerprint density at radius 1 is 1.06 bits per heavy atom. The first-order valence-electron chi connectivity index (χ1n) is 17.3. The number of para-hydroxylation sites is 1. The van der Waals surface area contributed by atoms with Gasteiger partial charge in [0.15, 0.2) is 11.5 Å². The first kappa shape index (κ1) is 34.4. The van der Waals surface area contributed by atoms with E-state index >= 15 is 0 Å². The van der Waals surface area contributed by atoms with Gasteiger partial charge in [-0.25, -0.2) is 9.37 Å². The Kier molecular flexibility index (Phi) is 10.3. The molecule has 1 aromatic heterocycles. The normalized spacial score (nSPS) is 26.3. The van der Waals surface area contributed by atoms with Gasteiger partial charge in [-0.15, -0.1) is 0 Å². The predicted molar refractivity (Wildman–Crippen MR) is 193 cm³/mol. The number of allylic oxidation sites excluding steroid dienone is 2. The van der Waals surface area contributed by atoms with E-state index in [9.17, 15) is 18.8 Å². The van der Waals surface area contributed by atoms with Crippen LogP contribution in [-0.2, 0) is 20.8 Å². The number of halogens is 2. The molecular weight excluding hydrogens is 721 g/mol. The molecule has 1 saturated heterocycles. The largest absolute Gasteiger partial charge is 0.465 e. The van der Waals surface area contributed by atoms with Gasteiger partial charge in [-0.1, -0.05) is 82.6 Å². The molecule has 1 aliphatic carbocycles. The molecule has 3 heterocycles. The number of hydrogen-bond donors (Lipinski definition) is 1. The Morgan fingerprint density at radius 2 is 1.92 bits per heavy atom. The summed E-state index contributed by atoms with van der Waals surface area (Å²) in [6.07, 6.45) is 9.04. The Hall–Kier alpha value is -4.09. The minimum Gasteiger partial charge on any atom is -0.465 e. The second-order valence-corrected chi connectivity index (χ2v) is 15.5. The van der Waals surface area contributed by atoms with E-state index in [1.807, 2.05) is 42.5 Å². The summed E-state index contributed by atoms with van der Waals surface area (Å²) in [5.74, 6) is -1.06. The molecule has 4 aromatic rings. The van der Waals surface area contributed by atoms with E-state index in [1.165, 1.54) is 23.5 Å². The molecule has 5 atom stereocenters. The van der Waals surface area contributed by atoms with Crippen LogP contribution in [0.1, 0.15) is 56.9 Å². The molecule has 7 rings (SSSR count). The summed E-state index contributed by atoms with van der Waals surface area (Å²) in [6.45, 7) is 0.216. The van der Waals surface area contributed by atoms with Crippen molar-refractivity contribution in [2.75, 3.05) is 6.54 Å². The highest BCUT2D eigenvalue weighted by Crippen LogP contribution is 2.57. The number of nitrogens with one attached hydrogen (secondary N) is 1. The molecule has 2 fully saturated rings. The van der Waals surface area contributed by atoms with Crippen molar-refractivity contribution in [2.45, 2.75) is 69.9 Å². The fourth-order valence-electron chi connectivity index (χ4n) is 7.34. The molecule has 2 amide bonds. The maximum atomic E-state index is 14.5. The van der Waals surface area contributed by atoms with E-state index in [0.29, 0.717) is 30.2 Å². The number of nitrogens with zero attached hydrogens (tertiary/aromatic N) is 2. The average molecular weight is 761 g/mol. The molecule has 0 unspecified atom stereocenters. The molecule has 260 valence electrons. The SMILES string of the molecule is O=C1C[C@]2(C(=O)NOc3ccccc3)C[C@@H]2/C=C\CCCCC[C@H](Cc2cccc(F)c2)C(=O)N2C[C@H](Oc3nc4ccc(Br)cc4s3)C[C@@H]12. The van der Waals surface area contributed by atoms with Gasteiger partial charge in [0.05, 0.1) is 28.2 Å². The van der Waals surface area contributed by atoms with Crippen LogP contribution in [-0.4, -0.2) is 46.2 Å². The van der Waals surface area contributed by atoms with Gasteiger partial charge in [-0.2, -0.15) is 5.48 Å². The zero-order valence-electron chi connectivity index (χ0n) is 27.6. The van der Waals surface area contributed by atoms with Gasteiger partial charge in [0.2, 0.25) is 5.91 Å². The number of amides is 2. The Labute approximate surface area is 303 Å². The summed E-state index contributed by atoms with van der Waals surface area (Å²) in [5.41, 5.74) is 3.19. The molecule has 2 aliphatic heterocycles. The number of aromatic nitrogens is 1. The van der Waals surface area contributed by atoms with Gasteiger partial charge < -0.3 is 14.5 Å². The Balaban J connectivity index is 1.16. The molecule has 3 aromatic carbocycles. The Bertz CT molecular complexity index is 1900. The Morgan fingerprint density at radius 3 is 2.76 bits per heavy atom. The van der Waals surface area contributed by atoms with E-state index in [0.717, 1.165) is 45.9 Å². The molecule has 11 heteroatoms. The third kappa shape index (κ3) is 7.78. The number of benzene rings is 3. The van der Waals surface area contributed by atoms with Crippen molar-refractivity contribution < 1.29 is 28.3 Å². The summed E-state index contributed by atoms with van der Waals surface area (Å²) in [6, 6.07) is 20.4. The standard InChI is InChI=1S/C39H39BrFN3O5S/c40-28-16-17-32-35(20-28)50-38(42-32)48-31-21-33-34(45)23-39(37(47)43-49-30-14-7-4-8-15-30)22-27(39)12-6-3-1-2-5-11-26(36(46)44(33)24-31)18-25-10-9-13-29(41)19-25/h4,6-10,12-17,19-20,26-27,31,33H,1-3,5,11,18,21-24H2,(H,43,47)/b12-6-/t26-,27+,31-,33+,39-/m1/s1. The smallest absolute Gasteiger partial charge is 0.274 e. The van der Waals surface area contributed by atoms with Gasteiger partial charge in [0, 0.05) is 23.2 Å². The van der Waals surface area contributed by atoms with Crippen LogP contribution in [0.25, 0.3) is 10.2 Å². The number of thiazole rings is 1. The number of Topliss-reactive ketones (excluding diaryl/α,β-unsaturated/α-hetero) is 1. The van der Waals surface area contributed by atoms with Crippen molar-refractivity contribution in [2.24, 2.45) is 17.3 Å². The van der Waals surface area contributed by atoms with Crippen molar-refractivity contribution >= 4 is 55.1 Å². The van der Waals surface area contributed by atoms with Gasteiger partial charge in [0.25, 0.3) is 11.1 Å². The van der Waals surface area contributed by atoms with Gasteiger partial charge >= 0.3 is 0 Å². The van der Waals surface area contributed by atoms with Crippen LogP contribution in [0.3, 0.4) is 0 Å². The third-order valence-electron chi connectivity index (χ3n) is 10.1. The van der Waals surface area contributed by atoms with E-state index in [1.54, 1.807) is 23.1 Å². The molecule has 1 N–H and O–H groups in total. The van der Waals surface area contributed by atoms with Crippen molar-refractivity contribution in [1.29, 1.82) is 0 Å². The zero-order valence-corrected chi connectivity index (χ0v) is 30.0. The molecule has 50 heavy (non-hydrogen) atoms. The van der Waals surface area contributed by atoms with E-state index in [2.05, 4.69) is 38.5 Å². The van der Waals surface area contributed by atoms with Crippen LogP contribution < -0.4 is 15.1 Å². The number of rotatable bonds is 7. The molecule has 0 spiro atoms. The van der Waals surface area contributed by atoms with Gasteiger partial charge in [0.1, 0.15) is 11.9 Å². The van der Waals surface area contributed by atoms with E-state index < -0.39 is 23.5 Å². The highest BCUT2D eigenvalue weighted by atomic mass is 79.9. The van der Waals surface area contributed by atoms with Gasteiger partial charge in [-0.05, 0) is 86.1 Å². The van der Waals surface area contributed by atoms with Crippen LogP contribution >= 0.6 is 27.3 Å². The number of hydroxylamine groups is 1. The second kappa shape index (κ2) is 15.0. The number of ether oxygens (including phenoxy) is 1. The fourth-order valence-corrected chi connectivity index (χ4v) is 8.78. The lowest BCUT2D eigenvalue weighted by molar-refractivity contribution is -0.143. The second-order valence-electron chi connectivity index (χ2n) is 13.6. The highest BCUT2D eigenvalue weighted by Gasteiger charge is 2.61. The zero-order chi connectivity index (χ0) is 34.7. The molecule has 8 nitrogen and oxygen atoms in total. The number of hydrogen-bond acceptors (Lipinski definition) is 7. The third-order valence-corrected chi connectivity index (χ3v) is 11.5. The average Bonchev–Trinajstić information content (AvgIpc) is 3.40. The fraction of sp³-hybridized carbons (Fsp3) is 0.385. The topological polar surface area (TPSA) is 97.8 Å². The van der Waals surface area contributed by atoms with Crippen LogP contribution in [0.15, 0.2) is 89.4 Å². The summed E-state index contributed by atoms with van der Waals surface area (Å²) >= 11 is 4.93. The number of carbonyl (C=O) groups is 3. The summed E-state index contributed by atoms with van der Waals surface area (Å²) in [5, 5.41) is 0.475. The predicted octanol–water partition coefficient (Wildman–Crippen LogP) is 8.00. The number of ketones is 1. The first-order chi connectivity index (χ1) is 24.3. The minimum atomic E-state index is -0.975. The van der Waals surface area contributed by atoms with Crippen LogP contribution in [0.5, 0.6) is 10.9 Å². The minimum absolute atomic E-state index is 0.0309. The van der Waals surface area contributed by atoms with E-state index in [4.69, 9.17) is 9.57 Å². The van der Waals surface area contributed by atoms with Gasteiger partial charge in [-0.3, -0.25) is 14.4 Å². The maximum absolute atomic E-state index is 14.5. The van der Waals surface area contributed by atoms with Crippen molar-refractivity contribution in [3.8, 4) is 10.9 Å². The number of fused-ring (bicyclic) bond motifs is 3. The summed E-state index contributed by atoms with van der Waals surface area (Å²) in [7, 11) is 0. The summed E-state index contributed by atoms with van der Waals surface area (Å²) < 4.78 is 22.5. The van der Waals surface area contributed by atoms with Crippen LogP contribution in [0.2, 0.25) is 0 Å². The lowest BCUT2D eigenvalue weighted by Crippen LogP contribution is -2.46. The van der Waals surface area contributed by atoms with Crippen molar-refractivity contribution in [3.05, 3.63) is 101 Å². The van der Waals surface area contributed by atoms with E-state index in [-0.39, 0.29) is 48.7 Å². The molecule has 0 radical (unpaired) electrons. The lowest BCUT2D eigenvalue weighted by atomic mass is 9.90. The lowest BCUT2D eigenvalue weighted by Gasteiger charge is -2.29. The van der Waals surface area contributed by atoms with Crippen LogP contribution in [0, 0.1) is 23.1 Å².